The monoisotopic (exact) mass is 274 g/mol. The Morgan fingerprint density at radius 2 is 2.00 bits per heavy atom. The van der Waals surface area contributed by atoms with Gasteiger partial charge in [-0.05, 0) is 29.9 Å². The van der Waals surface area contributed by atoms with Crippen LogP contribution in [0.2, 0.25) is 0 Å². The van der Waals surface area contributed by atoms with Crippen LogP contribution in [-0.2, 0) is 9.53 Å². The number of carbonyl (C=O) groups is 1. The van der Waals surface area contributed by atoms with E-state index in [1.165, 1.54) is 25.5 Å². The highest BCUT2D eigenvalue weighted by Crippen LogP contribution is 2.43. The highest BCUT2D eigenvalue weighted by atomic mass is 16.5. The minimum absolute atomic E-state index is 0.139. The second-order valence-electron chi connectivity index (χ2n) is 5.61. The van der Waals surface area contributed by atoms with Crippen LogP contribution in [0.4, 0.5) is 0 Å². The molecule has 20 heavy (non-hydrogen) atoms. The first-order chi connectivity index (χ1) is 9.81. The van der Waals surface area contributed by atoms with Gasteiger partial charge in [0.25, 0.3) is 0 Å². The molecule has 1 atom stereocenters. The fraction of sp³-hybridized carbons (Fsp3) is 0.562. The quantitative estimate of drug-likeness (QED) is 0.848. The van der Waals surface area contributed by atoms with E-state index in [4.69, 9.17) is 4.74 Å². The minimum atomic E-state index is -0.251. The van der Waals surface area contributed by atoms with Crippen molar-refractivity contribution in [1.29, 1.82) is 0 Å². The van der Waals surface area contributed by atoms with Gasteiger partial charge in [-0.1, -0.05) is 24.3 Å². The van der Waals surface area contributed by atoms with Crippen molar-refractivity contribution in [3.8, 4) is 0 Å². The van der Waals surface area contributed by atoms with Crippen LogP contribution in [0.25, 0.3) is 0 Å². The molecular formula is C16H22N2O2. The van der Waals surface area contributed by atoms with Gasteiger partial charge >= 0.3 is 5.97 Å². The number of nitrogens with zero attached hydrogens (tertiary/aromatic N) is 1. The summed E-state index contributed by atoms with van der Waals surface area (Å²) in [4.78, 5) is 14.6. The molecular weight excluding hydrogens is 252 g/mol. The smallest absolute Gasteiger partial charge is 0.327 e. The molecule has 1 aliphatic heterocycles. The molecule has 1 saturated carbocycles. The van der Waals surface area contributed by atoms with Crippen molar-refractivity contribution in [1.82, 2.24) is 10.2 Å². The van der Waals surface area contributed by atoms with Crippen LogP contribution in [0.5, 0.6) is 0 Å². The van der Waals surface area contributed by atoms with Crippen molar-refractivity contribution in [3.05, 3.63) is 35.4 Å². The number of esters is 1. The second-order valence-corrected chi connectivity index (χ2v) is 5.61. The molecule has 108 valence electrons. The Hall–Kier alpha value is -1.39. The van der Waals surface area contributed by atoms with E-state index in [1.807, 2.05) is 6.07 Å². The number of piperazine rings is 1. The lowest BCUT2D eigenvalue weighted by molar-refractivity contribution is -0.147. The largest absolute Gasteiger partial charge is 0.468 e. The van der Waals surface area contributed by atoms with Gasteiger partial charge in [0, 0.05) is 26.2 Å². The number of hydrogen-bond acceptors (Lipinski definition) is 4. The summed E-state index contributed by atoms with van der Waals surface area (Å²) in [6, 6.07) is 8.12. The molecule has 0 aromatic heterocycles. The van der Waals surface area contributed by atoms with Crippen molar-refractivity contribution >= 4 is 5.97 Å². The molecule has 1 aromatic carbocycles. The standard InChI is InChI=1S/C16H22N2O2/c1-20-16(19)15(18-10-8-17-9-11-18)14-5-3-2-4-13(14)12-6-7-12/h2-5,12,15,17H,6-11H2,1H3. The molecule has 2 aliphatic rings. The van der Waals surface area contributed by atoms with Crippen LogP contribution in [0.15, 0.2) is 24.3 Å². The van der Waals surface area contributed by atoms with E-state index in [2.05, 4.69) is 28.4 Å². The van der Waals surface area contributed by atoms with Gasteiger partial charge in [0.1, 0.15) is 6.04 Å². The molecule has 0 radical (unpaired) electrons. The Labute approximate surface area is 120 Å². The number of ether oxygens (including phenoxy) is 1. The molecule has 0 spiro atoms. The molecule has 4 heteroatoms. The van der Waals surface area contributed by atoms with E-state index < -0.39 is 0 Å². The van der Waals surface area contributed by atoms with Gasteiger partial charge in [0.2, 0.25) is 0 Å². The highest BCUT2D eigenvalue weighted by molar-refractivity contribution is 5.78. The second kappa shape index (κ2) is 5.94. The van der Waals surface area contributed by atoms with E-state index in [0.717, 1.165) is 31.7 Å². The Balaban J connectivity index is 1.93. The average molecular weight is 274 g/mol. The highest BCUT2D eigenvalue weighted by Gasteiger charge is 2.34. The maximum Gasteiger partial charge on any atom is 0.327 e. The van der Waals surface area contributed by atoms with Crippen LogP contribution in [-0.4, -0.2) is 44.2 Å². The van der Waals surface area contributed by atoms with E-state index in [0.29, 0.717) is 5.92 Å². The summed E-state index contributed by atoms with van der Waals surface area (Å²) in [5.41, 5.74) is 2.48. The van der Waals surface area contributed by atoms with Gasteiger partial charge < -0.3 is 10.1 Å². The normalized spacial score (nSPS) is 21.4. The lowest BCUT2D eigenvalue weighted by atomic mass is 9.95. The molecule has 1 aliphatic carbocycles. The van der Waals surface area contributed by atoms with Crippen LogP contribution in [0.1, 0.15) is 35.9 Å². The number of hydrogen-bond donors (Lipinski definition) is 1. The van der Waals surface area contributed by atoms with Crippen molar-refractivity contribution < 1.29 is 9.53 Å². The zero-order valence-corrected chi connectivity index (χ0v) is 12.0. The van der Waals surface area contributed by atoms with Crippen LogP contribution in [0, 0.1) is 0 Å². The Morgan fingerprint density at radius 1 is 1.30 bits per heavy atom. The average Bonchev–Trinajstić information content (AvgIpc) is 3.34. The lowest BCUT2D eigenvalue weighted by Crippen LogP contribution is -2.47. The van der Waals surface area contributed by atoms with E-state index in [9.17, 15) is 4.79 Å². The van der Waals surface area contributed by atoms with Crippen LogP contribution in [0.3, 0.4) is 0 Å². The number of methoxy groups -OCH3 is 1. The molecule has 1 aromatic rings. The lowest BCUT2D eigenvalue weighted by Gasteiger charge is -2.34. The first-order valence-corrected chi connectivity index (χ1v) is 7.42. The minimum Gasteiger partial charge on any atom is -0.468 e. The molecule has 4 nitrogen and oxygen atoms in total. The topological polar surface area (TPSA) is 41.6 Å². The predicted molar refractivity (Wildman–Crippen MR) is 77.6 cm³/mol. The predicted octanol–water partition coefficient (Wildman–Crippen LogP) is 1.68. The molecule has 1 N–H and O–H groups in total. The molecule has 3 rings (SSSR count). The summed E-state index contributed by atoms with van der Waals surface area (Å²) >= 11 is 0. The fourth-order valence-corrected chi connectivity index (χ4v) is 3.05. The van der Waals surface area contributed by atoms with Crippen molar-refractivity contribution in [3.63, 3.8) is 0 Å². The zero-order chi connectivity index (χ0) is 13.9. The van der Waals surface area contributed by atoms with Gasteiger partial charge in [-0.3, -0.25) is 4.90 Å². The molecule has 1 unspecified atom stereocenters. The number of carbonyl (C=O) groups excluding carboxylic acids is 1. The van der Waals surface area contributed by atoms with Gasteiger partial charge in [-0.15, -0.1) is 0 Å². The first-order valence-electron chi connectivity index (χ1n) is 7.42. The number of rotatable bonds is 4. The summed E-state index contributed by atoms with van der Waals surface area (Å²) < 4.78 is 5.07. The van der Waals surface area contributed by atoms with Crippen molar-refractivity contribution in [2.45, 2.75) is 24.8 Å². The molecule has 0 bridgehead atoms. The number of benzene rings is 1. The van der Waals surface area contributed by atoms with Crippen LogP contribution >= 0.6 is 0 Å². The van der Waals surface area contributed by atoms with Gasteiger partial charge in [0.05, 0.1) is 7.11 Å². The fourth-order valence-electron chi connectivity index (χ4n) is 3.05. The van der Waals surface area contributed by atoms with E-state index in [-0.39, 0.29) is 12.0 Å². The van der Waals surface area contributed by atoms with E-state index >= 15 is 0 Å². The summed E-state index contributed by atoms with van der Waals surface area (Å²) in [5.74, 6) is 0.501. The molecule has 0 amide bonds. The van der Waals surface area contributed by atoms with Gasteiger partial charge in [0.15, 0.2) is 0 Å². The number of nitrogens with one attached hydrogen (secondary N) is 1. The summed E-state index contributed by atoms with van der Waals surface area (Å²) in [6.07, 6.45) is 2.49. The Morgan fingerprint density at radius 3 is 2.65 bits per heavy atom. The van der Waals surface area contributed by atoms with Crippen LogP contribution < -0.4 is 5.32 Å². The summed E-state index contributed by atoms with van der Waals surface area (Å²) in [6.45, 7) is 3.63. The molecule has 2 fully saturated rings. The van der Waals surface area contributed by atoms with Gasteiger partial charge in [-0.2, -0.15) is 0 Å². The maximum absolute atomic E-state index is 12.3. The molecule has 1 heterocycles. The zero-order valence-electron chi connectivity index (χ0n) is 12.0. The third-order valence-corrected chi connectivity index (χ3v) is 4.25. The Kier molecular flexibility index (Phi) is 4.03. The van der Waals surface area contributed by atoms with E-state index in [1.54, 1.807) is 0 Å². The maximum atomic E-state index is 12.3. The Bertz CT molecular complexity index is 479. The summed E-state index contributed by atoms with van der Waals surface area (Å²) in [5, 5.41) is 3.33. The van der Waals surface area contributed by atoms with Gasteiger partial charge in [-0.25, -0.2) is 4.79 Å². The first kappa shape index (κ1) is 13.6. The molecule has 1 saturated heterocycles. The summed E-state index contributed by atoms with van der Waals surface area (Å²) in [7, 11) is 1.48. The van der Waals surface area contributed by atoms with Crippen molar-refractivity contribution in [2.24, 2.45) is 0 Å². The van der Waals surface area contributed by atoms with Crippen molar-refractivity contribution in [2.75, 3.05) is 33.3 Å². The third kappa shape index (κ3) is 2.72. The SMILES string of the molecule is COC(=O)C(c1ccccc1C1CC1)N1CCNCC1. The third-order valence-electron chi connectivity index (χ3n) is 4.25.